The van der Waals surface area contributed by atoms with Crippen molar-refractivity contribution in [2.45, 2.75) is 52.0 Å². The number of carbonyl (C=O) groups is 1. The lowest BCUT2D eigenvalue weighted by Crippen LogP contribution is -2.12. The van der Waals surface area contributed by atoms with E-state index in [4.69, 9.17) is 5.11 Å². The lowest BCUT2D eigenvalue weighted by atomic mass is 9.96. The van der Waals surface area contributed by atoms with Gasteiger partial charge < -0.3 is 9.67 Å². The largest absolute Gasteiger partial charge is 0.478 e. The molecule has 1 fully saturated rings. The van der Waals surface area contributed by atoms with E-state index in [2.05, 4.69) is 4.99 Å². The number of aliphatic imine (C=N–C) groups is 1. The van der Waals surface area contributed by atoms with Gasteiger partial charge in [0, 0.05) is 11.4 Å². The third kappa shape index (κ3) is 2.63. The zero-order chi connectivity index (χ0) is 13.1. The highest BCUT2D eigenvalue weighted by Crippen LogP contribution is 2.20. The summed E-state index contributed by atoms with van der Waals surface area (Å²) in [5, 5.41) is 9.06. The van der Waals surface area contributed by atoms with Crippen molar-refractivity contribution in [1.29, 1.82) is 0 Å². The minimum atomic E-state index is -0.875. The van der Waals surface area contributed by atoms with Gasteiger partial charge in [-0.3, -0.25) is 4.99 Å². The van der Waals surface area contributed by atoms with Crippen LogP contribution in [0.2, 0.25) is 0 Å². The SMILES string of the molecule is Cc1cc(C(=O)O)c(C)n1C=NC1CCCCC1. The summed E-state index contributed by atoms with van der Waals surface area (Å²) in [7, 11) is 0. The van der Waals surface area contributed by atoms with Crippen LogP contribution in [0.5, 0.6) is 0 Å². The Balaban J connectivity index is 2.18. The summed E-state index contributed by atoms with van der Waals surface area (Å²) < 4.78 is 1.87. The first kappa shape index (κ1) is 12.9. The van der Waals surface area contributed by atoms with Crippen LogP contribution in [-0.2, 0) is 0 Å². The molecular formula is C14H20N2O2. The van der Waals surface area contributed by atoms with E-state index in [0.717, 1.165) is 24.2 Å². The van der Waals surface area contributed by atoms with Gasteiger partial charge in [-0.1, -0.05) is 19.3 Å². The molecule has 4 nitrogen and oxygen atoms in total. The first-order valence-corrected chi connectivity index (χ1v) is 6.54. The molecule has 4 heteroatoms. The number of aromatic carboxylic acids is 1. The van der Waals surface area contributed by atoms with Crippen LogP contribution in [0.4, 0.5) is 0 Å². The minimum absolute atomic E-state index is 0.364. The summed E-state index contributed by atoms with van der Waals surface area (Å²) in [6.45, 7) is 3.73. The van der Waals surface area contributed by atoms with Crippen LogP contribution in [-0.4, -0.2) is 28.0 Å². The molecule has 1 aliphatic rings. The molecule has 0 unspecified atom stereocenters. The fourth-order valence-corrected chi connectivity index (χ4v) is 2.56. The summed E-state index contributed by atoms with van der Waals surface area (Å²) in [6, 6.07) is 2.11. The second kappa shape index (κ2) is 5.38. The molecular weight excluding hydrogens is 228 g/mol. The number of nitrogens with zero attached hydrogens (tertiary/aromatic N) is 2. The molecule has 0 atom stereocenters. The van der Waals surface area contributed by atoms with E-state index in [1.54, 1.807) is 12.4 Å². The quantitative estimate of drug-likeness (QED) is 0.660. The van der Waals surface area contributed by atoms with Crippen LogP contribution >= 0.6 is 0 Å². The average Bonchev–Trinajstić information content (AvgIpc) is 2.64. The maximum Gasteiger partial charge on any atom is 0.337 e. The summed E-state index contributed by atoms with van der Waals surface area (Å²) in [5.41, 5.74) is 2.03. The van der Waals surface area contributed by atoms with Gasteiger partial charge in [-0.15, -0.1) is 0 Å². The smallest absolute Gasteiger partial charge is 0.337 e. The molecule has 98 valence electrons. The van der Waals surface area contributed by atoms with Crippen molar-refractivity contribution in [3.8, 4) is 0 Å². The Kier molecular flexibility index (Phi) is 3.84. The predicted molar refractivity (Wildman–Crippen MR) is 71.6 cm³/mol. The molecule has 1 N–H and O–H groups in total. The topological polar surface area (TPSA) is 54.6 Å². The molecule has 0 bridgehead atoms. The second-order valence-electron chi connectivity index (χ2n) is 5.02. The van der Waals surface area contributed by atoms with Gasteiger partial charge in [-0.25, -0.2) is 4.79 Å². The lowest BCUT2D eigenvalue weighted by Gasteiger charge is -2.17. The van der Waals surface area contributed by atoms with Gasteiger partial charge in [0.2, 0.25) is 0 Å². The number of hydrogen-bond acceptors (Lipinski definition) is 2. The van der Waals surface area contributed by atoms with Crippen LogP contribution < -0.4 is 0 Å². The molecule has 1 aliphatic carbocycles. The van der Waals surface area contributed by atoms with E-state index in [9.17, 15) is 4.79 Å². The standard InChI is InChI=1S/C14H20N2O2/c1-10-8-13(14(17)18)11(2)16(10)9-15-12-6-4-3-5-7-12/h8-9,12H,3-7H2,1-2H3,(H,17,18). The predicted octanol–water partition coefficient (Wildman–Crippen LogP) is 3.01. The third-order valence-electron chi connectivity index (χ3n) is 3.68. The van der Waals surface area contributed by atoms with Crippen LogP contribution in [0, 0.1) is 13.8 Å². The van der Waals surface area contributed by atoms with Gasteiger partial charge in [-0.2, -0.15) is 0 Å². The maximum absolute atomic E-state index is 11.0. The Labute approximate surface area is 107 Å². The van der Waals surface area contributed by atoms with Gasteiger partial charge in [0.15, 0.2) is 0 Å². The number of aromatic nitrogens is 1. The van der Waals surface area contributed by atoms with Gasteiger partial charge in [0.1, 0.15) is 0 Å². The average molecular weight is 248 g/mol. The monoisotopic (exact) mass is 248 g/mol. The number of carboxylic acids is 1. The number of rotatable bonds is 3. The van der Waals surface area contributed by atoms with Gasteiger partial charge in [0.05, 0.1) is 17.9 Å². The Morgan fingerprint density at radius 3 is 2.61 bits per heavy atom. The number of aryl methyl sites for hydroxylation is 1. The summed E-state index contributed by atoms with van der Waals surface area (Å²) in [6.07, 6.45) is 7.94. The normalized spacial score (nSPS) is 17.4. The highest BCUT2D eigenvalue weighted by Gasteiger charge is 2.14. The van der Waals surface area contributed by atoms with Crippen LogP contribution in [0.3, 0.4) is 0 Å². The van der Waals surface area contributed by atoms with E-state index < -0.39 is 5.97 Å². The zero-order valence-corrected chi connectivity index (χ0v) is 11.0. The minimum Gasteiger partial charge on any atom is -0.478 e. The van der Waals surface area contributed by atoms with Crippen LogP contribution in [0.1, 0.15) is 53.8 Å². The van der Waals surface area contributed by atoms with E-state index in [-0.39, 0.29) is 0 Å². The fraction of sp³-hybridized carbons (Fsp3) is 0.571. The molecule has 0 aliphatic heterocycles. The third-order valence-corrected chi connectivity index (χ3v) is 3.68. The second-order valence-corrected chi connectivity index (χ2v) is 5.02. The number of hydrogen-bond donors (Lipinski definition) is 1. The van der Waals surface area contributed by atoms with E-state index >= 15 is 0 Å². The molecule has 0 amide bonds. The van der Waals surface area contributed by atoms with Crippen molar-refractivity contribution < 1.29 is 9.90 Å². The summed E-state index contributed by atoms with van der Waals surface area (Å²) in [5.74, 6) is -0.875. The highest BCUT2D eigenvalue weighted by molar-refractivity contribution is 5.90. The first-order chi connectivity index (χ1) is 8.59. The Morgan fingerprint density at radius 1 is 1.39 bits per heavy atom. The summed E-state index contributed by atoms with van der Waals surface area (Å²) in [4.78, 5) is 15.6. The van der Waals surface area contributed by atoms with Gasteiger partial charge >= 0.3 is 5.97 Å². The highest BCUT2D eigenvalue weighted by atomic mass is 16.4. The molecule has 1 aromatic heterocycles. The van der Waals surface area contributed by atoms with Crippen molar-refractivity contribution in [3.63, 3.8) is 0 Å². The number of carboxylic acid groups (broad SMARTS) is 1. The lowest BCUT2D eigenvalue weighted by molar-refractivity contribution is 0.0696. The van der Waals surface area contributed by atoms with E-state index in [0.29, 0.717) is 11.6 Å². The van der Waals surface area contributed by atoms with Crippen molar-refractivity contribution in [3.05, 3.63) is 23.0 Å². The van der Waals surface area contributed by atoms with Crippen molar-refractivity contribution in [2.75, 3.05) is 0 Å². The molecule has 0 radical (unpaired) electrons. The van der Waals surface area contributed by atoms with Crippen LogP contribution in [0.15, 0.2) is 11.1 Å². The molecule has 1 saturated carbocycles. The molecule has 0 saturated heterocycles. The fourth-order valence-electron chi connectivity index (χ4n) is 2.56. The van der Waals surface area contributed by atoms with Crippen molar-refractivity contribution >= 4 is 12.3 Å². The van der Waals surface area contributed by atoms with E-state index in [1.807, 2.05) is 18.4 Å². The molecule has 1 heterocycles. The molecule has 2 rings (SSSR count). The van der Waals surface area contributed by atoms with Gasteiger partial charge in [-0.05, 0) is 32.8 Å². The Hall–Kier alpha value is -1.58. The molecule has 1 aromatic rings. The maximum atomic E-state index is 11.0. The summed E-state index contributed by atoms with van der Waals surface area (Å²) >= 11 is 0. The molecule has 0 spiro atoms. The Bertz CT molecular complexity index is 468. The van der Waals surface area contributed by atoms with Crippen molar-refractivity contribution in [2.24, 2.45) is 4.99 Å². The van der Waals surface area contributed by atoms with E-state index in [1.165, 1.54) is 19.3 Å². The first-order valence-electron chi connectivity index (χ1n) is 6.54. The molecule has 18 heavy (non-hydrogen) atoms. The van der Waals surface area contributed by atoms with Gasteiger partial charge in [0.25, 0.3) is 0 Å². The molecule has 0 aromatic carbocycles. The van der Waals surface area contributed by atoms with Crippen molar-refractivity contribution in [1.82, 2.24) is 4.57 Å². The van der Waals surface area contributed by atoms with Crippen LogP contribution in [0.25, 0.3) is 0 Å². The zero-order valence-electron chi connectivity index (χ0n) is 11.0. The Morgan fingerprint density at radius 2 is 2.06 bits per heavy atom.